The lowest BCUT2D eigenvalue weighted by molar-refractivity contribution is 0.659. The van der Waals surface area contributed by atoms with Gasteiger partial charge in [-0.25, -0.2) is 0 Å². The van der Waals surface area contributed by atoms with Crippen molar-refractivity contribution in [3.63, 3.8) is 0 Å². The minimum absolute atomic E-state index is 0.116. The van der Waals surface area contributed by atoms with Crippen LogP contribution in [0.1, 0.15) is 74.9 Å². The van der Waals surface area contributed by atoms with Crippen molar-refractivity contribution in [1.29, 1.82) is 0 Å². The molecule has 0 atom stereocenters. The Morgan fingerprint density at radius 2 is 0.738 bits per heavy atom. The predicted octanol–water partition coefficient (Wildman–Crippen LogP) is 16.8. The Balaban J connectivity index is 0.952. The van der Waals surface area contributed by atoms with Crippen LogP contribution < -0.4 is 4.90 Å². The van der Waals surface area contributed by atoms with E-state index < -0.39 is 0 Å². The summed E-state index contributed by atoms with van der Waals surface area (Å²) in [5.74, 6) is 0. The number of fused-ring (bicyclic) bond motifs is 12. The van der Waals surface area contributed by atoms with Crippen molar-refractivity contribution in [3.8, 4) is 50.2 Å². The van der Waals surface area contributed by atoms with Gasteiger partial charge >= 0.3 is 0 Å². The van der Waals surface area contributed by atoms with Gasteiger partial charge in [0.1, 0.15) is 0 Å². The highest BCUT2D eigenvalue weighted by molar-refractivity contribution is 6.10. The zero-order valence-corrected chi connectivity index (χ0v) is 37.9. The van der Waals surface area contributed by atoms with E-state index >= 15 is 0 Å². The maximum atomic E-state index is 2.52. The summed E-state index contributed by atoms with van der Waals surface area (Å²) < 4.78 is 2.47. The molecule has 0 amide bonds. The van der Waals surface area contributed by atoms with Crippen LogP contribution in [0, 0.1) is 0 Å². The third-order valence-electron chi connectivity index (χ3n) is 15.6. The summed E-state index contributed by atoms with van der Waals surface area (Å²) in [6, 6.07) is 73.2. The van der Waals surface area contributed by atoms with Crippen LogP contribution >= 0.6 is 0 Å². The van der Waals surface area contributed by atoms with Gasteiger partial charge in [0, 0.05) is 49.8 Å². The molecule has 0 bridgehead atoms. The van der Waals surface area contributed by atoms with E-state index in [2.05, 4.69) is 245 Å². The van der Waals surface area contributed by atoms with E-state index in [1.54, 1.807) is 0 Å². The molecule has 0 unspecified atom stereocenters. The highest BCUT2D eigenvalue weighted by Gasteiger charge is 2.40. The standard InChI is InChI=1S/C63H50N2/c1-61(2)53-21-13-10-18-45(53)47-29-25-41(35-55(47)61)64(42-26-30-48-46-19-11-14-22-54(46)62(3,4)56(48)36-42)43-27-31-49-50-32-28-44(38-58(50)63(5,6)57(49)37-43)65-59-23-15-12-20-51(59)52-34-40(24-33-60(52)65)39-16-8-7-9-17-39/h7-38H,1-6H3. The van der Waals surface area contributed by atoms with Crippen molar-refractivity contribution in [2.45, 2.75) is 57.8 Å². The molecule has 0 aliphatic heterocycles. The van der Waals surface area contributed by atoms with Crippen molar-refractivity contribution in [1.82, 2.24) is 4.57 Å². The molecule has 0 spiro atoms. The average Bonchev–Trinajstić information content (AvgIpc) is 3.95. The van der Waals surface area contributed by atoms with E-state index in [1.807, 2.05) is 0 Å². The Bertz CT molecular complexity index is 3530. The van der Waals surface area contributed by atoms with Crippen LogP contribution in [-0.2, 0) is 16.2 Å². The molecule has 0 fully saturated rings. The van der Waals surface area contributed by atoms with Crippen LogP contribution in [0.5, 0.6) is 0 Å². The molecule has 0 radical (unpaired) electrons. The first kappa shape index (κ1) is 38.1. The lowest BCUT2D eigenvalue weighted by Crippen LogP contribution is -2.19. The minimum Gasteiger partial charge on any atom is -0.310 e. The molecule has 0 saturated carbocycles. The molecular weight excluding hydrogens is 785 g/mol. The number of nitrogens with zero attached hydrogens (tertiary/aromatic N) is 2. The molecule has 0 saturated heterocycles. The molecule has 0 N–H and O–H groups in total. The first-order chi connectivity index (χ1) is 31.5. The van der Waals surface area contributed by atoms with Gasteiger partial charge in [-0.15, -0.1) is 0 Å². The fourth-order valence-corrected chi connectivity index (χ4v) is 12.2. The second-order valence-electron chi connectivity index (χ2n) is 20.2. The Morgan fingerprint density at radius 3 is 1.31 bits per heavy atom. The molecule has 1 aromatic heterocycles. The van der Waals surface area contributed by atoms with Crippen LogP contribution in [0.25, 0.3) is 72.0 Å². The van der Waals surface area contributed by atoms with Crippen LogP contribution in [0.2, 0.25) is 0 Å². The predicted molar refractivity (Wildman–Crippen MR) is 274 cm³/mol. The van der Waals surface area contributed by atoms with E-state index in [9.17, 15) is 0 Å². The molecule has 312 valence electrons. The van der Waals surface area contributed by atoms with E-state index in [0.717, 1.165) is 0 Å². The SMILES string of the molecule is CC1(C)c2ccccc2-c2ccc(N(c3ccc4c(c3)C(C)(C)c3ccccc3-4)c3ccc4c(c3)C(C)(C)c3cc(-n5c6ccccc6c6cc(-c7ccccc7)ccc65)ccc3-4)cc21. The molecule has 2 nitrogen and oxygen atoms in total. The smallest absolute Gasteiger partial charge is 0.0541 e. The van der Waals surface area contributed by atoms with Crippen molar-refractivity contribution < 1.29 is 0 Å². The zero-order valence-electron chi connectivity index (χ0n) is 37.9. The minimum atomic E-state index is -0.245. The van der Waals surface area contributed by atoms with Gasteiger partial charge in [-0.05, 0) is 145 Å². The number of benzene rings is 9. The summed E-state index contributed by atoms with van der Waals surface area (Å²) in [5.41, 5.74) is 25.4. The van der Waals surface area contributed by atoms with Gasteiger partial charge in [0.15, 0.2) is 0 Å². The summed E-state index contributed by atoms with van der Waals surface area (Å²) >= 11 is 0. The number of anilines is 3. The lowest BCUT2D eigenvalue weighted by atomic mass is 9.81. The van der Waals surface area contributed by atoms with Gasteiger partial charge in [-0.1, -0.05) is 169 Å². The number of aromatic nitrogens is 1. The average molecular weight is 835 g/mol. The Labute approximate surface area is 382 Å². The van der Waals surface area contributed by atoms with Crippen LogP contribution in [0.4, 0.5) is 17.1 Å². The topological polar surface area (TPSA) is 8.17 Å². The van der Waals surface area contributed by atoms with Crippen molar-refractivity contribution in [2.75, 3.05) is 4.90 Å². The van der Waals surface area contributed by atoms with Crippen LogP contribution in [-0.4, -0.2) is 4.57 Å². The van der Waals surface area contributed by atoms with Crippen molar-refractivity contribution in [3.05, 3.63) is 228 Å². The molecule has 10 aromatic rings. The van der Waals surface area contributed by atoms with E-state index in [1.165, 1.54) is 122 Å². The maximum absolute atomic E-state index is 2.52. The third-order valence-corrected chi connectivity index (χ3v) is 15.6. The molecule has 65 heavy (non-hydrogen) atoms. The quantitative estimate of drug-likeness (QED) is 0.168. The first-order valence-electron chi connectivity index (χ1n) is 23.2. The second kappa shape index (κ2) is 13.3. The number of para-hydroxylation sites is 1. The van der Waals surface area contributed by atoms with Crippen LogP contribution in [0.3, 0.4) is 0 Å². The summed E-state index contributed by atoms with van der Waals surface area (Å²) in [6.45, 7) is 14.4. The summed E-state index contributed by atoms with van der Waals surface area (Å²) in [4.78, 5) is 2.52. The second-order valence-corrected chi connectivity index (χ2v) is 20.2. The van der Waals surface area contributed by atoms with Crippen molar-refractivity contribution >= 4 is 38.9 Å². The fourth-order valence-electron chi connectivity index (χ4n) is 12.2. The molecule has 2 heteroatoms. The van der Waals surface area contributed by atoms with Crippen molar-refractivity contribution in [2.24, 2.45) is 0 Å². The van der Waals surface area contributed by atoms with E-state index in [0.29, 0.717) is 0 Å². The number of hydrogen-bond acceptors (Lipinski definition) is 1. The van der Waals surface area contributed by atoms with Gasteiger partial charge < -0.3 is 9.47 Å². The Hall–Kier alpha value is -7.42. The van der Waals surface area contributed by atoms with Gasteiger partial charge in [0.25, 0.3) is 0 Å². The molecule has 3 aliphatic carbocycles. The van der Waals surface area contributed by atoms with Gasteiger partial charge in [0.2, 0.25) is 0 Å². The first-order valence-corrected chi connectivity index (χ1v) is 23.2. The lowest BCUT2D eigenvalue weighted by Gasteiger charge is -2.31. The van der Waals surface area contributed by atoms with E-state index in [4.69, 9.17) is 0 Å². The summed E-state index contributed by atoms with van der Waals surface area (Å²) in [5, 5.41) is 2.54. The van der Waals surface area contributed by atoms with Gasteiger partial charge in [0.05, 0.1) is 11.0 Å². The Kier molecular flexibility index (Phi) is 7.80. The molecule has 1 heterocycles. The highest BCUT2D eigenvalue weighted by atomic mass is 15.1. The van der Waals surface area contributed by atoms with Gasteiger partial charge in [-0.2, -0.15) is 0 Å². The monoisotopic (exact) mass is 834 g/mol. The van der Waals surface area contributed by atoms with Gasteiger partial charge in [-0.3, -0.25) is 0 Å². The number of hydrogen-bond donors (Lipinski definition) is 0. The molecule has 9 aromatic carbocycles. The maximum Gasteiger partial charge on any atom is 0.0541 e. The number of rotatable bonds is 5. The summed E-state index contributed by atoms with van der Waals surface area (Å²) in [7, 11) is 0. The fraction of sp³-hybridized carbons (Fsp3) is 0.143. The largest absolute Gasteiger partial charge is 0.310 e. The van der Waals surface area contributed by atoms with E-state index in [-0.39, 0.29) is 16.2 Å². The molecule has 13 rings (SSSR count). The highest BCUT2D eigenvalue weighted by Crippen LogP contribution is 2.55. The molecule has 3 aliphatic rings. The third kappa shape index (κ3) is 5.29. The zero-order chi connectivity index (χ0) is 44.0. The normalized spacial score (nSPS) is 15.3. The summed E-state index contributed by atoms with van der Waals surface area (Å²) in [6.07, 6.45) is 0. The molecular formula is C63H50N2. The van der Waals surface area contributed by atoms with Crippen LogP contribution in [0.15, 0.2) is 194 Å². The Morgan fingerprint density at radius 1 is 0.308 bits per heavy atom.